The van der Waals surface area contributed by atoms with Gasteiger partial charge in [-0.1, -0.05) is 25.0 Å². The first-order chi connectivity index (χ1) is 16.0. The molecule has 0 bridgehead atoms. The lowest BCUT2D eigenvalue weighted by molar-refractivity contribution is 0.0718. The molecule has 0 saturated heterocycles. The molecule has 1 fully saturated rings. The van der Waals surface area contributed by atoms with Crippen molar-refractivity contribution >= 4 is 16.8 Å². The second-order valence-corrected chi connectivity index (χ2v) is 8.69. The standard InChI is InChI=1S/C25H26FN5O2/c1-30-14-17(12-28-30)20-10-9-16(11-27-20)13-31-15-18(24-19(26)5-4-7-22(24)31)25(33)29-21-6-2-3-8-23(21)32/h4-5,7,9-12,14-15,21,23,32H,2-3,6,8,13H2,1H3,(H,29,33)/t21-,23-/m0/s1. The Hall–Kier alpha value is -3.52. The Morgan fingerprint density at radius 3 is 2.76 bits per heavy atom. The number of halogens is 1. The second-order valence-electron chi connectivity index (χ2n) is 8.69. The highest BCUT2D eigenvalue weighted by atomic mass is 19.1. The van der Waals surface area contributed by atoms with E-state index in [-0.39, 0.29) is 17.5 Å². The fourth-order valence-electron chi connectivity index (χ4n) is 4.58. The van der Waals surface area contributed by atoms with Crippen molar-refractivity contribution in [3.8, 4) is 11.3 Å². The van der Waals surface area contributed by atoms with E-state index in [9.17, 15) is 14.3 Å². The molecule has 5 rings (SSSR count). The molecule has 1 aliphatic rings. The van der Waals surface area contributed by atoms with Crippen molar-refractivity contribution in [1.82, 2.24) is 24.6 Å². The van der Waals surface area contributed by atoms with Gasteiger partial charge in [0.25, 0.3) is 5.91 Å². The van der Waals surface area contributed by atoms with Crippen molar-refractivity contribution in [3.63, 3.8) is 0 Å². The summed E-state index contributed by atoms with van der Waals surface area (Å²) in [7, 11) is 1.86. The van der Waals surface area contributed by atoms with Crippen LogP contribution in [0.2, 0.25) is 0 Å². The van der Waals surface area contributed by atoms with Gasteiger partial charge in [0, 0.05) is 43.1 Å². The SMILES string of the molecule is Cn1cc(-c2ccc(Cn3cc(C(=O)N[C@H]4CCCC[C@@H]4O)c4c(F)cccc43)cn2)cn1. The van der Waals surface area contributed by atoms with Gasteiger partial charge in [0.05, 0.1) is 35.1 Å². The van der Waals surface area contributed by atoms with E-state index >= 15 is 0 Å². The number of aromatic nitrogens is 4. The summed E-state index contributed by atoms with van der Waals surface area (Å²) in [5, 5.41) is 17.6. The van der Waals surface area contributed by atoms with Gasteiger partial charge < -0.3 is 15.0 Å². The summed E-state index contributed by atoms with van der Waals surface area (Å²) in [6, 6.07) is 8.41. The minimum Gasteiger partial charge on any atom is -0.391 e. The molecular formula is C25H26FN5O2. The predicted octanol–water partition coefficient (Wildman–Crippen LogP) is 3.66. The van der Waals surface area contributed by atoms with Crippen LogP contribution in [0, 0.1) is 5.82 Å². The average molecular weight is 448 g/mol. The molecule has 0 spiro atoms. The molecule has 170 valence electrons. The summed E-state index contributed by atoms with van der Waals surface area (Å²) in [5.74, 6) is -0.800. The zero-order valence-corrected chi connectivity index (χ0v) is 18.4. The molecule has 1 amide bonds. The van der Waals surface area contributed by atoms with E-state index in [1.54, 1.807) is 29.3 Å². The molecule has 3 heterocycles. The number of hydrogen-bond donors (Lipinski definition) is 2. The van der Waals surface area contributed by atoms with Crippen LogP contribution in [0.25, 0.3) is 22.2 Å². The van der Waals surface area contributed by atoms with Gasteiger partial charge in [0.2, 0.25) is 0 Å². The molecule has 0 radical (unpaired) electrons. The van der Waals surface area contributed by atoms with Gasteiger partial charge in [-0.25, -0.2) is 4.39 Å². The first-order valence-electron chi connectivity index (χ1n) is 11.2. The summed E-state index contributed by atoms with van der Waals surface area (Å²) in [6.45, 7) is 0.444. The van der Waals surface area contributed by atoms with E-state index in [4.69, 9.17) is 0 Å². The number of aliphatic hydroxyl groups is 1. The lowest BCUT2D eigenvalue weighted by Crippen LogP contribution is -2.45. The maximum Gasteiger partial charge on any atom is 0.253 e. The average Bonchev–Trinajstić information content (AvgIpc) is 3.41. The summed E-state index contributed by atoms with van der Waals surface area (Å²) in [4.78, 5) is 17.6. The Bertz CT molecular complexity index is 1290. The molecule has 4 aromatic rings. The topological polar surface area (TPSA) is 85.0 Å². The molecule has 1 aliphatic carbocycles. The van der Waals surface area contributed by atoms with Gasteiger partial charge in [-0.15, -0.1) is 0 Å². The van der Waals surface area contributed by atoms with Gasteiger partial charge in [-0.2, -0.15) is 5.10 Å². The number of carbonyl (C=O) groups is 1. The fraction of sp³-hybridized carbons (Fsp3) is 0.320. The van der Waals surface area contributed by atoms with Gasteiger partial charge in [-0.3, -0.25) is 14.5 Å². The Labute approximate surface area is 190 Å². The van der Waals surface area contributed by atoms with Crippen LogP contribution in [0.4, 0.5) is 4.39 Å². The van der Waals surface area contributed by atoms with Gasteiger partial charge >= 0.3 is 0 Å². The van der Waals surface area contributed by atoms with Crippen LogP contribution in [0.5, 0.6) is 0 Å². The Morgan fingerprint density at radius 1 is 1.18 bits per heavy atom. The molecule has 0 unspecified atom stereocenters. The summed E-state index contributed by atoms with van der Waals surface area (Å²) in [6.07, 6.45) is 9.88. The van der Waals surface area contributed by atoms with Gasteiger partial charge in [-0.05, 0) is 36.6 Å². The number of hydrogen-bond acceptors (Lipinski definition) is 4. The second kappa shape index (κ2) is 8.78. The van der Waals surface area contributed by atoms with Crippen LogP contribution >= 0.6 is 0 Å². The Balaban J connectivity index is 1.43. The van der Waals surface area contributed by atoms with Crippen molar-refractivity contribution in [2.24, 2.45) is 7.05 Å². The van der Waals surface area contributed by atoms with Crippen molar-refractivity contribution in [3.05, 3.63) is 72.1 Å². The van der Waals surface area contributed by atoms with Crippen LogP contribution in [0.1, 0.15) is 41.6 Å². The first kappa shape index (κ1) is 21.3. The van der Waals surface area contributed by atoms with E-state index in [2.05, 4.69) is 15.4 Å². The van der Waals surface area contributed by atoms with E-state index in [1.165, 1.54) is 6.07 Å². The highest BCUT2D eigenvalue weighted by molar-refractivity contribution is 6.07. The number of rotatable bonds is 5. The molecule has 1 saturated carbocycles. The van der Waals surface area contributed by atoms with Crippen LogP contribution in [0.15, 0.2) is 55.1 Å². The Kier molecular flexibility index (Phi) is 5.68. The van der Waals surface area contributed by atoms with Crippen molar-refractivity contribution in [2.45, 2.75) is 44.4 Å². The number of benzene rings is 1. The highest BCUT2D eigenvalue weighted by Crippen LogP contribution is 2.27. The number of nitrogens with one attached hydrogen (secondary N) is 1. The number of aryl methyl sites for hydroxylation is 1. The monoisotopic (exact) mass is 447 g/mol. The number of fused-ring (bicyclic) bond motifs is 1. The van der Waals surface area contributed by atoms with Gasteiger partial charge in [0.1, 0.15) is 5.82 Å². The van der Waals surface area contributed by atoms with E-state index in [0.717, 1.165) is 36.1 Å². The summed E-state index contributed by atoms with van der Waals surface area (Å²) in [5.41, 5.74) is 3.60. The van der Waals surface area contributed by atoms with Gasteiger partial charge in [0.15, 0.2) is 0 Å². The van der Waals surface area contributed by atoms with Crippen molar-refractivity contribution in [2.75, 3.05) is 0 Å². The fourth-order valence-corrected chi connectivity index (χ4v) is 4.58. The molecule has 3 aromatic heterocycles. The van der Waals surface area contributed by atoms with Crippen molar-refractivity contribution in [1.29, 1.82) is 0 Å². The zero-order valence-electron chi connectivity index (χ0n) is 18.4. The minimum absolute atomic E-state index is 0.279. The summed E-state index contributed by atoms with van der Waals surface area (Å²) < 4.78 is 18.4. The van der Waals surface area contributed by atoms with Crippen LogP contribution in [-0.4, -0.2) is 42.5 Å². The van der Waals surface area contributed by atoms with Crippen LogP contribution in [0.3, 0.4) is 0 Å². The smallest absolute Gasteiger partial charge is 0.253 e. The lowest BCUT2D eigenvalue weighted by atomic mass is 9.92. The van der Waals surface area contributed by atoms with Crippen LogP contribution in [-0.2, 0) is 13.6 Å². The molecule has 7 nitrogen and oxygen atoms in total. The number of pyridine rings is 1. The third-order valence-corrected chi connectivity index (χ3v) is 6.32. The van der Waals surface area contributed by atoms with E-state index < -0.39 is 11.9 Å². The Morgan fingerprint density at radius 2 is 2.03 bits per heavy atom. The minimum atomic E-state index is -0.565. The molecule has 2 N–H and O–H groups in total. The largest absolute Gasteiger partial charge is 0.391 e. The summed E-state index contributed by atoms with van der Waals surface area (Å²) >= 11 is 0. The third-order valence-electron chi connectivity index (χ3n) is 6.32. The highest BCUT2D eigenvalue weighted by Gasteiger charge is 2.27. The predicted molar refractivity (Wildman–Crippen MR) is 123 cm³/mol. The maximum absolute atomic E-state index is 14.8. The number of amides is 1. The van der Waals surface area contributed by atoms with E-state index in [1.807, 2.05) is 36.0 Å². The van der Waals surface area contributed by atoms with E-state index in [0.29, 0.717) is 23.9 Å². The normalized spacial score (nSPS) is 18.5. The first-order valence-corrected chi connectivity index (χ1v) is 11.2. The maximum atomic E-state index is 14.8. The quantitative estimate of drug-likeness (QED) is 0.489. The third kappa shape index (κ3) is 4.26. The molecular weight excluding hydrogens is 421 g/mol. The van der Waals surface area contributed by atoms with Crippen molar-refractivity contribution < 1.29 is 14.3 Å². The van der Waals surface area contributed by atoms with Crippen LogP contribution < -0.4 is 5.32 Å². The zero-order chi connectivity index (χ0) is 22.9. The molecule has 33 heavy (non-hydrogen) atoms. The number of nitrogens with zero attached hydrogens (tertiary/aromatic N) is 4. The molecule has 2 atom stereocenters. The molecule has 1 aromatic carbocycles. The molecule has 8 heteroatoms. The number of carbonyl (C=O) groups excluding carboxylic acids is 1. The molecule has 0 aliphatic heterocycles. The lowest BCUT2D eigenvalue weighted by Gasteiger charge is -2.28. The number of aliphatic hydroxyl groups excluding tert-OH is 1.